The summed E-state index contributed by atoms with van der Waals surface area (Å²) >= 11 is 6.04. The number of hydrogen-bond donors (Lipinski definition) is 1. The molecule has 5 nitrogen and oxygen atoms in total. The molecule has 4 rings (SSSR count). The fraction of sp³-hybridized carbons (Fsp3) is 0.333. The molecule has 2 unspecified atom stereocenters. The van der Waals surface area contributed by atoms with Crippen LogP contribution in [0.2, 0.25) is 5.02 Å². The SMILES string of the molecule is O=C(Nc1cccc(C(=O)N2CCOCC2)c1)C1CC1c1cccc(Cl)c1. The number of hydrogen-bond acceptors (Lipinski definition) is 3. The van der Waals surface area contributed by atoms with Crippen molar-refractivity contribution in [1.82, 2.24) is 4.90 Å². The van der Waals surface area contributed by atoms with Crippen molar-refractivity contribution >= 4 is 29.1 Å². The van der Waals surface area contributed by atoms with Crippen LogP contribution in [0.5, 0.6) is 0 Å². The van der Waals surface area contributed by atoms with Crippen molar-refractivity contribution in [3.05, 3.63) is 64.7 Å². The lowest BCUT2D eigenvalue weighted by atomic mass is 10.1. The maximum Gasteiger partial charge on any atom is 0.254 e. The first-order valence-corrected chi connectivity index (χ1v) is 9.53. The average Bonchev–Trinajstić information content (AvgIpc) is 3.49. The predicted octanol–water partition coefficient (Wildman–Crippen LogP) is 3.55. The highest BCUT2D eigenvalue weighted by molar-refractivity contribution is 6.30. The van der Waals surface area contributed by atoms with Crippen LogP contribution in [0.15, 0.2) is 48.5 Å². The highest BCUT2D eigenvalue weighted by Gasteiger charge is 2.44. The van der Waals surface area contributed by atoms with Gasteiger partial charge in [-0.3, -0.25) is 9.59 Å². The van der Waals surface area contributed by atoms with Crippen molar-refractivity contribution < 1.29 is 14.3 Å². The molecule has 2 amide bonds. The van der Waals surface area contributed by atoms with E-state index in [0.717, 1.165) is 12.0 Å². The number of benzene rings is 2. The molecule has 1 aliphatic carbocycles. The lowest BCUT2D eigenvalue weighted by Crippen LogP contribution is -2.40. The van der Waals surface area contributed by atoms with E-state index in [2.05, 4.69) is 5.32 Å². The lowest BCUT2D eigenvalue weighted by molar-refractivity contribution is -0.117. The van der Waals surface area contributed by atoms with Gasteiger partial charge in [-0.25, -0.2) is 0 Å². The van der Waals surface area contributed by atoms with E-state index < -0.39 is 0 Å². The number of nitrogens with zero attached hydrogens (tertiary/aromatic N) is 1. The van der Waals surface area contributed by atoms with E-state index >= 15 is 0 Å². The average molecular weight is 385 g/mol. The van der Waals surface area contributed by atoms with Gasteiger partial charge in [0.25, 0.3) is 5.91 Å². The zero-order valence-corrected chi connectivity index (χ0v) is 15.6. The smallest absolute Gasteiger partial charge is 0.254 e. The fourth-order valence-corrected chi connectivity index (χ4v) is 3.70. The van der Waals surface area contributed by atoms with Gasteiger partial charge < -0.3 is 15.0 Å². The molecule has 2 atom stereocenters. The van der Waals surface area contributed by atoms with Crippen LogP contribution < -0.4 is 5.32 Å². The van der Waals surface area contributed by atoms with Crippen LogP contribution >= 0.6 is 11.6 Å². The van der Waals surface area contributed by atoms with E-state index in [0.29, 0.717) is 42.6 Å². The summed E-state index contributed by atoms with van der Waals surface area (Å²) < 4.78 is 5.29. The summed E-state index contributed by atoms with van der Waals surface area (Å²) in [6.07, 6.45) is 0.818. The van der Waals surface area contributed by atoms with Crippen molar-refractivity contribution in [2.24, 2.45) is 5.92 Å². The van der Waals surface area contributed by atoms with Crippen molar-refractivity contribution in [3.63, 3.8) is 0 Å². The second kappa shape index (κ2) is 7.71. The Morgan fingerprint density at radius 1 is 1.07 bits per heavy atom. The molecule has 2 aromatic rings. The Labute approximate surface area is 163 Å². The van der Waals surface area contributed by atoms with Gasteiger partial charge >= 0.3 is 0 Å². The Morgan fingerprint density at radius 3 is 2.63 bits per heavy atom. The van der Waals surface area contributed by atoms with Gasteiger partial charge in [-0.1, -0.05) is 29.8 Å². The van der Waals surface area contributed by atoms with E-state index in [1.807, 2.05) is 30.3 Å². The molecule has 1 N–H and O–H groups in total. The molecular weight excluding hydrogens is 364 g/mol. The number of halogens is 1. The molecule has 0 spiro atoms. The molecule has 6 heteroatoms. The largest absolute Gasteiger partial charge is 0.378 e. The van der Waals surface area contributed by atoms with Crippen molar-refractivity contribution in [2.75, 3.05) is 31.6 Å². The van der Waals surface area contributed by atoms with Crippen LogP contribution in [-0.4, -0.2) is 43.0 Å². The highest BCUT2D eigenvalue weighted by Crippen LogP contribution is 2.48. The maximum absolute atomic E-state index is 12.6. The summed E-state index contributed by atoms with van der Waals surface area (Å²) in [6.45, 7) is 2.32. The molecule has 0 radical (unpaired) electrons. The summed E-state index contributed by atoms with van der Waals surface area (Å²) in [5, 5.41) is 3.64. The number of nitrogens with one attached hydrogen (secondary N) is 1. The van der Waals surface area contributed by atoms with Crippen LogP contribution in [0, 0.1) is 5.92 Å². The second-order valence-corrected chi connectivity index (χ2v) is 7.41. The first-order chi connectivity index (χ1) is 13.1. The third-order valence-corrected chi connectivity index (χ3v) is 5.31. The molecule has 140 valence electrons. The first kappa shape index (κ1) is 18.0. The molecule has 1 heterocycles. The molecule has 2 fully saturated rings. The fourth-order valence-electron chi connectivity index (χ4n) is 3.50. The molecule has 1 saturated heterocycles. The van der Waals surface area contributed by atoms with E-state index in [1.54, 1.807) is 23.1 Å². The Morgan fingerprint density at radius 2 is 1.85 bits per heavy atom. The van der Waals surface area contributed by atoms with E-state index in [-0.39, 0.29) is 23.7 Å². The minimum atomic E-state index is -0.0536. The minimum absolute atomic E-state index is 0.0176. The van der Waals surface area contributed by atoms with Gasteiger partial charge in [0.1, 0.15) is 0 Å². The highest BCUT2D eigenvalue weighted by atomic mass is 35.5. The molecule has 1 saturated carbocycles. The lowest BCUT2D eigenvalue weighted by Gasteiger charge is -2.27. The van der Waals surface area contributed by atoms with Crippen LogP contribution in [0.1, 0.15) is 28.3 Å². The molecule has 0 bridgehead atoms. The second-order valence-electron chi connectivity index (χ2n) is 6.98. The summed E-state index contributed by atoms with van der Waals surface area (Å²) in [7, 11) is 0. The molecule has 0 aromatic heterocycles. The van der Waals surface area contributed by atoms with Gasteiger partial charge in [0.05, 0.1) is 13.2 Å². The first-order valence-electron chi connectivity index (χ1n) is 9.15. The topological polar surface area (TPSA) is 58.6 Å². The minimum Gasteiger partial charge on any atom is -0.378 e. The standard InChI is InChI=1S/C21H21ClN2O3/c22-16-5-1-3-14(11-16)18-13-19(18)20(25)23-17-6-2-4-15(12-17)21(26)24-7-9-27-10-8-24/h1-6,11-12,18-19H,7-10,13H2,(H,23,25). The Balaban J connectivity index is 1.40. The number of carbonyl (C=O) groups excluding carboxylic acids is 2. The molecule has 2 aliphatic rings. The Kier molecular flexibility index (Phi) is 5.14. The third kappa shape index (κ3) is 4.15. The van der Waals surface area contributed by atoms with Gasteiger partial charge in [-0.2, -0.15) is 0 Å². The normalized spacial score (nSPS) is 21.6. The molecule has 1 aliphatic heterocycles. The summed E-state index contributed by atoms with van der Waals surface area (Å²) in [5.41, 5.74) is 2.33. The van der Waals surface area contributed by atoms with Crippen molar-refractivity contribution in [1.29, 1.82) is 0 Å². The van der Waals surface area contributed by atoms with E-state index in [9.17, 15) is 9.59 Å². The maximum atomic E-state index is 12.6. The van der Waals surface area contributed by atoms with Gasteiger partial charge in [0.2, 0.25) is 5.91 Å². The van der Waals surface area contributed by atoms with E-state index in [4.69, 9.17) is 16.3 Å². The monoisotopic (exact) mass is 384 g/mol. The van der Waals surface area contributed by atoms with Crippen molar-refractivity contribution in [3.8, 4) is 0 Å². The molecular formula is C21H21ClN2O3. The number of anilines is 1. The molecule has 27 heavy (non-hydrogen) atoms. The van der Waals surface area contributed by atoms with Crippen molar-refractivity contribution in [2.45, 2.75) is 12.3 Å². The quantitative estimate of drug-likeness (QED) is 0.876. The van der Waals surface area contributed by atoms with Gasteiger partial charge in [-0.05, 0) is 48.2 Å². The Hall–Kier alpha value is -2.37. The molecule has 2 aromatic carbocycles. The number of amides is 2. The zero-order chi connectivity index (χ0) is 18.8. The van der Waals surface area contributed by atoms with Gasteiger partial charge in [-0.15, -0.1) is 0 Å². The summed E-state index contributed by atoms with van der Waals surface area (Å²) in [4.78, 5) is 26.9. The van der Waals surface area contributed by atoms with E-state index in [1.165, 1.54) is 0 Å². The van der Waals surface area contributed by atoms with Crippen LogP contribution in [0.4, 0.5) is 5.69 Å². The van der Waals surface area contributed by atoms with Gasteiger partial charge in [0, 0.05) is 35.3 Å². The predicted molar refractivity (Wildman–Crippen MR) is 104 cm³/mol. The zero-order valence-electron chi connectivity index (χ0n) is 14.9. The number of carbonyl (C=O) groups is 2. The summed E-state index contributed by atoms with van der Waals surface area (Å²) in [5.74, 6) is 0.109. The Bertz CT molecular complexity index is 864. The van der Waals surface area contributed by atoms with Gasteiger partial charge in [0.15, 0.2) is 0 Å². The van der Waals surface area contributed by atoms with Crippen LogP contribution in [0.25, 0.3) is 0 Å². The third-order valence-electron chi connectivity index (χ3n) is 5.08. The summed E-state index contributed by atoms with van der Waals surface area (Å²) in [6, 6.07) is 14.8. The van der Waals surface area contributed by atoms with Crippen LogP contribution in [0.3, 0.4) is 0 Å². The number of ether oxygens (including phenoxy) is 1. The van der Waals surface area contributed by atoms with Crippen LogP contribution in [-0.2, 0) is 9.53 Å². The number of morpholine rings is 1. The number of rotatable bonds is 4.